The summed E-state index contributed by atoms with van der Waals surface area (Å²) in [6.07, 6.45) is 3.92. The number of nitrogens with zero attached hydrogens (tertiary/aromatic N) is 2. The fourth-order valence-electron chi connectivity index (χ4n) is 3.69. The first kappa shape index (κ1) is 10.6. The van der Waals surface area contributed by atoms with Gasteiger partial charge in [0.15, 0.2) is 0 Å². The van der Waals surface area contributed by atoms with Gasteiger partial charge in [0, 0.05) is 19.1 Å². The number of hydrogen-bond acceptors (Lipinski definition) is 3. The van der Waals surface area contributed by atoms with E-state index in [-0.39, 0.29) is 0 Å². The molecule has 0 spiro atoms. The van der Waals surface area contributed by atoms with E-state index in [2.05, 4.69) is 33.4 Å². The third-order valence-electron chi connectivity index (χ3n) is 4.45. The number of aryl methyl sites for hydroxylation is 1. The lowest BCUT2D eigenvalue weighted by molar-refractivity contribution is 0.225. The fourth-order valence-corrected chi connectivity index (χ4v) is 3.69. The highest BCUT2D eigenvalue weighted by molar-refractivity contribution is 5.85. The van der Waals surface area contributed by atoms with Gasteiger partial charge in [0.1, 0.15) is 5.84 Å². The van der Waals surface area contributed by atoms with Crippen LogP contribution in [0.5, 0.6) is 0 Å². The summed E-state index contributed by atoms with van der Waals surface area (Å²) >= 11 is 0. The van der Waals surface area contributed by atoms with Gasteiger partial charge in [-0.15, -0.1) is 0 Å². The molecular formula is C15H19N3. The van der Waals surface area contributed by atoms with Gasteiger partial charge in [0.05, 0.1) is 13.1 Å². The molecule has 18 heavy (non-hydrogen) atoms. The summed E-state index contributed by atoms with van der Waals surface area (Å²) in [5.41, 5.74) is 4.78. The molecule has 0 saturated heterocycles. The van der Waals surface area contributed by atoms with Gasteiger partial charge in [-0.1, -0.05) is 18.2 Å². The first-order valence-electron chi connectivity index (χ1n) is 7.04. The molecular weight excluding hydrogens is 222 g/mol. The van der Waals surface area contributed by atoms with Crippen LogP contribution in [0.25, 0.3) is 0 Å². The normalized spacial score (nSPS) is 25.8. The second kappa shape index (κ2) is 4.09. The lowest BCUT2D eigenvalue weighted by Crippen LogP contribution is -2.34. The molecule has 94 valence electrons. The molecule has 1 atom stereocenters. The minimum atomic E-state index is 0.648. The third-order valence-corrected chi connectivity index (χ3v) is 4.45. The van der Waals surface area contributed by atoms with Crippen molar-refractivity contribution in [2.75, 3.05) is 19.6 Å². The van der Waals surface area contributed by atoms with E-state index in [4.69, 9.17) is 0 Å². The molecule has 0 saturated carbocycles. The minimum absolute atomic E-state index is 0.648. The number of amidine groups is 1. The van der Waals surface area contributed by atoms with E-state index >= 15 is 0 Å². The average Bonchev–Trinajstić information content (AvgIpc) is 3.01. The van der Waals surface area contributed by atoms with Gasteiger partial charge in [0.2, 0.25) is 0 Å². The number of hydrogen-bond donors (Lipinski definition) is 1. The van der Waals surface area contributed by atoms with Crippen LogP contribution in [0.1, 0.15) is 35.6 Å². The molecule has 1 aromatic carbocycles. The summed E-state index contributed by atoms with van der Waals surface area (Å²) in [4.78, 5) is 7.14. The van der Waals surface area contributed by atoms with Crippen molar-refractivity contribution in [3.8, 4) is 0 Å². The molecule has 1 unspecified atom stereocenters. The highest BCUT2D eigenvalue weighted by Crippen LogP contribution is 2.42. The first-order chi connectivity index (χ1) is 8.92. The molecule has 0 fully saturated rings. The maximum absolute atomic E-state index is 4.54. The molecule has 0 radical (unpaired) electrons. The maximum atomic E-state index is 4.54. The van der Waals surface area contributed by atoms with E-state index in [1.807, 2.05) is 0 Å². The molecule has 1 aliphatic carbocycles. The lowest BCUT2D eigenvalue weighted by atomic mass is 9.87. The number of nitrogens with one attached hydrogen (secondary N) is 1. The molecule has 2 aliphatic heterocycles. The van der Waals surface area contributed by atoms with E-state index < -0.39 is 0 Å². The first-order valence-corrected chi connectivity index (χ1v) is 7.04. The Balaban J connectivity index is 1.64. The predicted octanol–water partition coefficient (Wildman–Crippen LogP) is 1.88. The van der Waals surface area contributed by atoms with Crippen molar-refractivity contribution in [2.45, 2.75) is 31.8 Å². The summed E-state index contributed by atoms with van der Waals surface area (Å²) in [6.45, 7) is 4.07. The topological polar surface area (TPSA) is 27.6 Å². The van der Waals surface area contributed by atoms with Crippen LogP contribution in [-0.4, -0.2) is 30.4 Å². The summed E-state index contributed by atoms with van der Waals surface area (Å²) < 4.78 is 0. The molecule has 4 rings (SSSR count). The van der Waals surface area contributed by atoms with Crippen LogP contribution in [0.3, 0.4) is 0 Å². The number of aliphatic imine (C=N–C) groups is 1. The quantitative estimate of drug-likeness (QED) is 0.856. The van der Waals surface area contributed by atoms with E-state index in [9.17, 15) is 0 Å². The molecule has 1 aromatic rings. The van der Waals surface area contributed by atoms with Crippen LogP contribution in [0.4, 0.5) is 0 Å². The van der Waals surface area contributed by atoms with E-state index in [0.717, 1.165) is 26.2 Å². The zero-order valence-corrected chi connectivity index (χ0v) is 10.7. The Labute approximate surface area is 108 Å². The molecule has 0 amide bonds. The average molecular weight is 241 g/mol. The highest BCUT2D eigenvalue weighted by Gasteiger charge is 2.34. The Hall–Kier alpha value is -1.35. The maximum Gasteiger partial charge on any atom is 0.111 e. The molecule has 3 heteroatoms. The summed E-state index contributed by atoms with van der Waals surface area (Å²) in [5.74, 6) is 1.19. The van der Waals surface area contributed by atoms with Crippen molar-refractivity contribution in [1.82, 2.24) is 10.2 Å². The van der Waals surface area contributed by atoms with Gasteiger partial charge in [-0.2, -0.15) is 0 Å². The summed E-state index contributed by atoms with van der Waals surface area (Å²) in [5, 5.41) is 3.40. The molecule has 3 nitrogen and oxygen atoms in total. The molecule has 1 N–H and O–H groups in total. The Bertz CT molecular complexity index is 506. The Morgan fingerprint density at radius 1 is 1.33 bits per heavy atom. The Kier molecular flexibility index (Phi) is 2.40. The van der Waals surface area contributed by atoms with E-state index in [0.29, 0.717) is 6.04 Å². The van der Waals surface area contributed by atoms with Crippen LogP contribution in [-0.2, 0) is 13.0 Å². The van der Waals surface area contributed by atoms with Gasteiger partial charge >= 0.3 is 0 Å². The molecule has 0 bridgehead atoms. The second-order valence-corrected chi connectivity index (χ2v) is 5.56. The second-order valence-electron chi connectivity index (χ2n) is 5.56. The van der Waals surface area contributed by atoms with Gasteiger partial charge < -0.3 is 5.32 Å². The smallest absolute Gasteiger partial charge is 0.111 e. The zero-order chi connectivity index (χ0) is 11.9. The largest absolute Gasteiger partial charge is 0.371 e. The summed E-state index contributed by atoms with van der Waals surface area (Å²) in [6, 6.07) is 7.50. The molecule has 2 heterocycles. The van der Waals surface area contributed by atoms with Gasteiger partial charge in [-0.25, -0.2) is 0 Å². The fraction of sp³-hybridized carbons (Fsp3) is 0.533. The zero-order valence-electron chi connectivity index (χ0n) is 10.7. The van der Waals surface area contributed by atoms with Crippen molar-refractivity contribution in [1.29, 1.82) is 0 Å². The Morgan fingerprint density at radius 2 is 2.28 bits per heavy atom. The van der Waals surface area contributed by atoms with Crippen molar-refractivity contribution in [3.63, 3.8) is 0 Å². The Morgan fingerprint density at radius 3 is 3.17 bits per heavy atom. The third kappa shape index (κ3) is 1.57. The number of benzene rings is 1. The van der Waals surface area contributed by atoms with Crippen LogP contribution in [0.15, 0.2) is 23.2 Å². The van der Waals surface area contributed by atoms with Gasteiger partial charge in [0.25, 0.3) is 0 Å². The predicted molar refractivity (Wildman–Crippen MR) is 72.8 cm³/mol. The van der Waals surface area contributed by atoms with E-state index in [1.54, 1.807) is 16.7 Å². The van der Waals surface area contributed by atoms with Gasteiger partial charge in [-0.3, -0.25) is 9.89 Å². The van der Waals surface area contributed by atoms with Gasteiger partial charge in [-0.05, 0) is 36.0 Å². The van der Waals surface area contributed by atoms with Crippen LogP contribution in [0, 0.1) is 0 Å². The van der Waals surface area contributed by atoms with E-state index in [1.165, 1.54) is 25.1 Å². The van der Waals surface area contributed by atoms with Crippen LogP contribution >= 0.6 is 0 Å². The molecule has 3 aliphatic rings. The van der Waals surface area contributed by atoms with Crippen LogP contribution in [0.2, 0.25) is 0 Å². The van der Waals surface area contributed by atoms with Crippen molar-refractivity contribution in [3.05, 3.63) is 34.9 Å². The number of rotatable bonds is 2. The van der Waals surface area contributed by atoms with Crippen molar-refractivity contribution in [2.24, 2.45) is 4.99 Å². The standard InChI is InChI=1S/C15H19N3/c1-3-11-4-2-6-13-15(11)12(5-1)9-18(13)10-14-16-7-8-17-14/h1,3,5,13H,2,4,6-10H2,(H,16,17). The highest BCUT2D eigenvalue weighted by atomic mass is 15.2. The SMILES string of the molecule is c1cc2c3c(c1)CN(CC1=NCCN1)C3CCC2. The van der Waals surface area contributed by atoms with Crippen LogP contribution < -0.4 is 5.32 Å². The minimum Gasteiger partial charge on any atom is -0.371 e. The monoisotopic (exact) mass is 241 g/mol. The van der Waals surface area contributed by atoms with Crippen molar-refractivity contribution >= 4 is 5.84 Å². The molecule has 0 aromatic heterocycles. The summed E-state index contributed by atoms with van der Waals surface area (Å²) in [7, 11) is 0. The van der Waals surface area contributed by atoms with Crippen molar-refractivity contribution < 1.29 is 0 Å². The lowest BCUT2D eigenvalue weighted by Gasteiger charge is -2.29.